The number of rotatable bonds is 3. The van der Waals surface area contributed by atoms with Crippen molar-refractivity contribution >= 4 is 11.8 Å². The van der Waals surface area contributed by atoms with Crippen LogP contribution in [0.2, 0.25) is 0 Å². The van der Waals surface area contributed by atoms with Gasteiger partial charge in [0.05, 0.1) is 0 Å². The van der Waals surface area contributed by atoms with Crippen LogP contribution in [-0.4, -0.2) is 10.9 Å². The Kier molecular flexibility index (Phi) is 2.77. The molecule has 3 rings (SSSR count). The molecule has 1 heterocycles. The summed E-state index contributed by atoms with van der Waals surface area (Å²) in [7, 11) is 0. The second kappa shape index (κ2) is 4.31. The molecule has 1 nitrogen and oxygen atoms in total. The molecular formula is C17H21N. The fourth-order valence-electron chi connectivity index (χ4n) is 2.99. The van der Waals surface area contributed by atoms with E-state index in [1.807, 2.05) is 0 Å². The Morgan fingerprint density at radius 1 is 1.22 bits per heavy atom. The van der Waals surface area contributed by atoms with E-state index in [-0.39, 0.29) is 0 Å². The standard InChI is InChI=1S/C17H21N/c1-4-13-7-6-8-14-11-15(5-2)18(16-9-10-16)12(3)17(13)14/h6-8,11,16H,3-5,9-10H2,1-2H3. The number of hydrogen-bond acceptors (Lipinski definition) is 1. The van der Waals surface area contributed by atoms with Crippen molar-refractivity contribution < 1.29 is 0 Å². The summed E-state index contributed by atoms with van der Waals surface area (Å²) < 4.78 is 0. The maximum atomic E-state index is 4.39. The first-order chi connectivity index (χ1) is 8.76. The third-order valence-electron chi connectivity index (χ3n) is 4.05. The fraction of sp³-hybridized carbons (Fsp3) is 0.412. The van der Waals surface area contributed by atoms with Crippen LogP contribution in [0, 0.1) is 0 Å². The van der Waals surface area contributed by atoms with E-state index in [9.17, 15) is 0 Å². The van der Waals surface area contributed by atoms with E-state index >= 15 is 0 Å². The molecule has 0 atom stereocenters. The first-order valence-corrected chi connectivity index (χ1v) is 7.07. The molecule has 1 aromatic rings. The molecule has 1 aliphatic carbocycles. The largest absolute Gasteiger partial charge is 0.342 e. The second-order valence-corrected chi connectivity index (χ2v) is 5.27. The average Bonchev–Trinajstić information content (AvgIpc) is 3.21. The average molecular weight is 239 g/mol. The van der Waals surface area contributed by atoms with E-state index in [2.05, 4.69) is 49.6 Å². The SMILES string of the molecule is C=C1c2c(cccc2CC)C=C(CC)N1C1CC1. The number of fused-ring (bicyclic) bond motifs is 1. The lowest BCUT2D eigenvalue weighted by Gasteiger charge is -2.34. The van der Waals surface area contributed by atoms with E-state index in [1.54, 1.807) is 0 Å². The van der Waals surface area contributed by atoms with Gasteiger partial charge in [0.25, 0.3) is 0 Å². The Bertz CT molecular complexity index is 520. The van der Waals surface area contributed by atoms with E-state index in [1.165, 1.54) is 40.9 Å². The topological polar surface area (TPSA) is 3.24 Å². The molecule has 1 fully saturated rings. The Balaban J connectivity index is 2.14. The van der Waals surface area contributed by atoms with Crippen LogP contribution in [0.1, 0.15) is 49.8 Å². The molecule has 0 aromatic heterocycles. The number of benzene rings is 1. The maximum Gasteiger partial charge on any atom is 0.0420 e. The Morgan fingerprint density at radius 2 is 2.00 bits per heavy atom. The van der Waals surface area contributed by atoms with Gasteiger partial charge in [-0.1, -0.05) is 38.6 Å². The van der Waals surface area contributed by atoms with Gasteiger partial charge in [-0.2, -0.15) is 0 Å². The Morgan fingerprint density at radius 3 is 2.61 bits per heavy atom. The molecule has 0 radical (unpaired) electrons. The first kappa shape index (κ1) is 11.6. The summed E-state index contributed by atoms with van der Waals surface area (Å²) in [5, 5.41) is 0. The van der Waals surface area contributed by atoms with Gasteiger partial charge >= 0.3 is 0 Å². The lowest BCUT2D eigenvalue weighted by Crippen LogP contribution is -2.26. The highest BCUT2D eigenvalue weighted by Crippen LogP contribution is 2.43. The van der Waals surface area contributed by atoms with Crippen molar-refractivity contribution in [1.29, 1.82) is 0 Å². The minimum absolute atomic E-state index is 0.710. The van der Waals surface area contributed by atoms with Gasteiger partial charge in [-0.05, 0) is 42.9 Å². The molecule has 1 aliphatic heterocycles. The molecule has 0 amide bonds. The van der Waals surface area contributed by atoms with Crippen LogP contribution in [-0.2, 0) is 6.42 Å². The molecule has 1 aromatic carbocycles. The van der Waals surface area contributed by atoms with Gasteiger partial charge in [0.15, 0.2) is 0 Å². The van der Waals surface area contributed by atoms with Gasteiger partial charge in [0, 0.05) is 23.0 Å². The van der Waals surface area contributed by atoms with Crippen molar-refractivity contribution in [2.75, 3.05) is 0 Å². The monoisotopic (exact) mass is 239 g/mol. The number of aryl methyl sites for hydroxylation is 1. The maximum absolute atomic E-state index is 4.39. The predicted molar refractivity (Wildman–Crippen MR) is 78.0 cm³/mol. The third-order valence-corrected chi connectivity index (χ3v) is 4.05. The van der Waals surface area contributed by atoms with Crippen LogP contribution in [0.15, 0.2) is 30.5 Å². The van der Waals surface area contributed by atoms with Crippen molar-refractivity contribution in [3.63, 3.8) is 0 Å². The molecular weight excluding hydrogens is 218 g/mol. The van der Waals surface area contributed by atoms with Crippen LogP contribution in [0.3, 0.4) is 0 Å². The van der Waals surface area contributed by atoms with Gasteiger partial charge in [0.2, 0.25) is 0 Å². The summed E-state index contributed by atoms with van der Waals surface area (Å²) in [6, 6.07) is 7.34. The Hall–Kier alpha value is -1.50. The van der Waals surface area contributed by atoms with E-state index < -0.39 is 0 Å². The minimum Gasteiger partial charge on any atom is -0.342 e. The summed E-state index contributed by atoms with van der Waals surface area (Å²) in [6.45, 7) is 8.85. The molecule has 0 unspecified atom stereocenters. The van der Waals surface area contributed by atoms with Crippen LogP contribution in [0.5, 0.6) is 0 Å². The number of hydrogen-bond donors (Lipinski definition) is 0. The quantitative estimate of drug-likeness (QED) is 0.753. The molecule has 1 saturated carbocycles. The number of nitrogens with zero attached hydrogens (tertiary/aromatic N) is 1. The summed E-state index contributed by atoms with van der Waals surface area (Å²) >= 11 is 0. The first-order valence-electron chi connectivity index (χ1n) is 7.07. The molecule has 18 heavy (non-hydrogen) atoms. The van der Waals surface area contributed by atoms with Gasteiger partial charge in [-0.3, -0.25) is 0 Å². The van der Waals surface area contributed by atoms with Crippen molar-refractivity contribution in [3.05, 3.63) is 47.2 Å². The predicted octanol–water partition coefficient (Wildman–Crippen LogP) is 4.45. The molecule has 94 valence electrons. The highest BCUT2D eigenvalue weighted by atomic mass is 15.2. The van der Waals surface area contributed by atoms with Crippen molar-refractivity contribution in [3.8, 4) is 0 Å². The van der Waals surface area contributed by atoms with Gasteiger partial charge in [0.1, 0.15) is 0 Å². The van der Waals surface area contributed by atoms with Gasteiger partial charge in [-0.15, -0.1) is 0 Å². The lowest BCUT2D eigenvalue weighted by molar-refractivity contribution is 0.464. The normalized spacial score (nSPS) is 18.7. The molecule has 1 heteroatoms. The van der Waals surface area contributed by atoms with Crippen molar-refractivity contribution in [2.45, 2.75) is 45.6 Å². The summed E-state index contributed by atoms with van der Waals surface area (Å²) in [4.78, 5) is 2.49. The van der Waals surface area contributed by atoms with E-state index in [0.29, 0.717) is 6.04 Å². The zero-order valence-corrected chi connectivity index (χ0v) is 11.4. The summed E-state index contributed by atoms with van der Waals surface area (Å²) in [6.07, 6.45) is 7.17. The zero-order chi connectivity index (χ0) is 12.7. The molecule has 0 N–H and O–H groups in total. The molecule has 0 saturated heterocycles. The molecule has 0 bridgehead atoms. The lowest BCUT2D eigenvalue weighted by atomic mass is 9.92. The number of allylic oxidation sites excluding steroid dienone is 1. The fourth-order valence-corrected chi connectivity index (χ4v) is 2.99. The Labute approximate surface area is 110 Å². The van der Waals surface area contributed by atoms with E-state index in [0.717, 1.165) is 12.8 Å². The minimum atomic E-state index is 0.710. The summed E-state index contributed by atoms with van der Waals surface area (Å²) in [5.41, 5.74) is 6.82. The molecule has 2 aliphatic rings. The summed E-state index contributed by atoms with van der Waals surface area (Å²) in [5.74, 6) is 0. The van der Waals surface area contributed by atoms with Crippen LogP contribution in [0.25, 0.3) is 11.8 Å². The van der Waals surface area contributed by atoms with E-state index in [4.69, 9.17) is 0 Å². The van der Waals surface area contributed by atoms with Crippen LogP contribution < -0.4 is 0 Å². The van der Waals surface area contributed by atoms with Gasteiger partial charge < -0.3 is 4.90 Å². The van der Waals surface area contributed by atoms with Crippen LogP contribution in [0.4, 0.5) is 0 Å². The van der Waals surface area contributed by atoms with Gasteiger partial charge in [-0.25, -0.2) is 0 Å². The smallest absolute Gasteiger partial charge is 0.0420 e. The third kappa shape index (κ3) is 1.69. The van der Waals surface area contributed by atoms with Crippen LogP contribution >= 0.6 is 0 Å². The van der Waals surface area contributed by atoms with Crippen molar-refractivity contribution in [2.24, 2.45) is 0 Å². The highest BCUT2D eigenvalue weighted by Gasteiger charge is 2.34. The van der Waals surface area contributed by atoms with Crippen molar-refractivity contribution in [1.82, 2.24) is 4.90 Å². The second-order valence-electron chi connectivity index (χ2n) is 5.27. The zero-order valence-electron chi connectivity index (χ0n) is 11.4. The highest BCUT2D eigenvalue weighted by molar-refractivity contribution is 5.80. The molecule has 0 spiro atoms.